The van der Waals surface area contributed by atoms with Gasteiger partial charge >= 0.3 is 0 Å². The molecule has 72 valence electrons. The van der Waals surface area contributed by atoms with Crippen LogP contribution in [-0.2, 0) is 0 Å². The van der Waals surface area contributed by atoms with Gasteiger partial charge in [-0.15, -0.1) is 0 Å². The molecule has 1 unspecified atom stereocenters. The van der Waals surface area contributed by atoms with E-state index in [1.54, 1.807) is 6.07 Å². The first-order valence-electron chi connectivity index (χ1n) is 4.36. The standard InChI is InChI=1S/C9H15N3O/c1-3-7(2)13-9-6-4-5-8(11-9)12-10/h4-7H,3,10H2,1-2H3,(H,11,12). The second-order valence-corrected chi connectivity index (χ2v) is 2.84. The Kier molecular flexibility index (Phi) is 3.52. The van der Waals surface area contributed by atoms with Crippen LogP contribution < -0.4 is 16.0 Å². The molecular formula is C9H15N3O. The van der Waals surface area contributed by atoms with Crippen molar-refractivity contribution in [1.29, 1.82) is 0 Å². The highest BCUT2D eigenvalue weighted by atomic mass is 16.5. The van der Waals surface area contributed by atoms with E-state index in [2.05, 4.69) is 17.3 Å². The third kappa shape index (κ3) is 2.91. The number of nitrogens with two attached hydrogens (primary N) is 1. The molecule has 1 aromatic rings. The van der Waals surface area contributed by atoms with Crippen molar-refractivity contribution in [3.05, 3.63) is 18.2 Å². The van der Waals surface area contributed by atoms with Crippen LogP contribution in [0.1, 0.15) is 20.3 Å². The van der Waals surface area contributed by atoms with Gasteiger partial charge in [0.25, 0.3) is 0 Å². The molecule has 3 N–H and O–H groups in total. The Morgan fingerprint density at radius 1 is 1.62 bits per heavy atom. The summed E-state index contributed by atoms with van der Waals surface area (Å²) in [5.74, 6) is 6.43. The smallest absolute Gasteiger partial charge is 0.215 e. The van der Waals surface area contributed by atoms with Crippen molar-refractivity contribution in [2.45, 2.75) is 26.4 Å². The minimum Gasteiger partial charge on any atom is -0.475 e. The van der Waals surface area contributed by atoms with Gasteiger partial charge in [-0.05, 0) is 19.4 Å². The maximum Gasteiger partial charge on any atom is 0.215 e. The van der Waals surface area contributed by atoms with Crippen LogP contribution in [0.5, 0.6) is 5.88 Å². The molecule has 4 heteroatoms. The average molecular weight is 181 g/mol. The van der Waals surface area contributed by atoms with Crippen LogP contribution in [0.3, 0.4) is 0 Å². The summed E-state index contributed by atoms with van der Waals surface area (Å²) in [4.78, 5) is 4.12. The molecule has 0 aromatic carbocycles. The monoisotopic (exact) mass is 181 g/mol. The number of ether oxygens (including phenoxy) is 1. The highest BCUT2D eigenvalue weighted by Crippen LogP contribution is 2.12. The molecule has 0 fully saturated rings. The summed E-state index contributed by atoms with van der Waals surface area (Å²) in [7, 11) is 0. The molecule has 0 saturated heterocycles. The van der Waals surface area contributed by atoms with E-state index >= 15 is 0 Å². The summed E-state index contributed by atoms with van der Waals surface area (Å²) in [6.45, 7) is 4.07. The predicted octanol–water partition coefficient (Wildman–Crippen LogP) is 1.54. The normalized spacial score (nSPS) is 12.2. The first-order chi connectivity index (χ1) is 6.26. The molecule has 0 saturated carbocycles. The SMILES string of the molecule is CCC(C)Oc1cccc(NN)n1. The number of nitrogens with one attached hydrogen (secondary N) is 1. The van der Waals surface area contributed by atoms with Gasteiger partial charge in [0, 0.05) is 6.07 Å². The minimum absolute atomic E-state index is 0.181. The summed E-state index contributed by atoms with van der Waals surface area (Å²) < 4.78 is 5.50. The lowest BCUT2D eigenvalue weighted by Gasteiger charge is -2.11. The van der Waals surface area contributed by atoms with Crippen LogP contribution >= 0.6 is 0 Å². The molecule has 0 radical (unpaired) electrons. The third-order valence-electron chi connectivity index (χ3n) is 1.77. The number of nitrogen functional groups attached to an aromatic ring is 1. The molecule has 0 aliphatic rings. The fourth-order valence-corrected chi connectivity index (χ4v) is 0.850. The molecule has 0 bridgehead atoms. The van der Waals surface area contributed by atoms with E-state index in [4.69, 9.17) is 10.6 Å². The molecule has 0 amide bonds. The van der Waals surface area contributed by atoms with Gasteiger partial charge in [0.05, 0.1) is 6.10 Å². The third-order valence-corrected chi connectivity index (χ3v) is 1.77. The Morgan fingerprint density at radius 2 is 2.38 bits per heavy atom. The number of nitrogens with zero attached hydrogens (tertiary/aromatic N) is 1. The molecular weight excluding hydrogens is 166 g/mol. The Hall–Kier alpha value is -1.29. The fraction of sp³-hybridized carbons (Fsp3) is 0.444. The number of hydrogen-bond donors (Lipinski definition) is 2. The quantitative estimate of drug-likeness (QED) is 0.546. The molecule has 4 nitrogen and oxygen atoms in total. The first kappa shape index (κ1) is 9.80. The second-order valence-electron chi connectivity index (χ2n) is 2.84. The highest BCUT2D eigenvalue weighted by molar-refractivity contribution is 5.35. The van der Waals surface area contributed by atoms with Gasteiger partial charge in [-0.1, -0.05) is 13.0 Å². The highest BCUT2D eigenvalue weighted by Gasteiger charge is 2.01. The minimum atomic E-state index is 0.181. The Bertz CT molecular complexity index is 265. The number of anilines is 1. The van der Waals surface area contributed by atoms with E-state index in [1.165, 1.54) is 0 Å². The molecule has 0 aliphatic carbocycles. The lowest BCUT2D eigenvalue weighted by Crippen LogP contribution is -2.13. The average Bonchev–Trinajstić information content (AvgIpc) is 2.18. The van der Waals surface area contributed by atoms with Crippen LogP contribution in [-0.4, -0.2) is 11.1 Å². The lowest BCUT2D eigenvalue weighted by molar-refractivity contribution is 0.209. The van der Waals surface area contributed by atoms with Crippen molar-refractivity contribution in [2.75, 3.05) is 5.43 Å². The van der Waals surface area contributed by atoms with Crippen molar-refractivity contribution in [1.82, 2.24) is 4.98 Å². The van der Waals surface area contributed by atoms with E-state index in [-0.39, 0.29) is 6.10 Å². The van der Waals surface area contributed by atoms with Gasteiger partial charge in [-0.3, -0.25) is 0 Å². The maximum atomic E-state index is 5.50. The van der Waals surface area contributed by atoms with Crippen LogP contribution in [0, 0.1) is 0 Å². The van der Waals surface area contributed by atoms with Crippen LogP contribution in [0.15, 0.2) is 18.2 Å². The van der Waals surface area contributed by atoms with Gasteiger partial charge in [0.1, 0.15) is 5.82 Å². The van der Waals surface area contributed by atoms with Gasteiger partial charge in [0.15, 0.2) is 0 Å². The molecule has 1 rings (SSSR count). The number of pyridine rings is 1. The molecule has 0 spiro atoms. The Morgan fingerprint density at radius 3 is 3.00 bits per heavy atom. The van der Waals surface area contributed by atoms with Gasteiger partial charge in [-0.2, -0.15) is 4.98 Å². The molecule has 1 aromatic heterocycles. The number of hydrogen-bond acceptors (Lipinski definition) is 4. The summed E-state index contributed by atoms with van der Waals surface area (Å²) >= 11 is 0. The van der Waals surface area contributed by atoms with E-state index in [0.717, 1.165) is 6.42 Å². The zero-order valence-electron chi connectivity index (χ0n) is 7.95. The van der Waals surface area contributed by atoms with E-state index in [1.807, 2.05) is 19.1 Å². The molecule has 1 heterocycles. The topological polar surface area (TPSA) is 60.2 Å². The van der Waals surface area contributed by atoms with Crippen molar-refractivity contribution in [3.63, 3.8) is 0 Å². The van der Waals surface area contributed by atoms with Crippen LogP contribution in [0.2, 0.25) is 0 Å². The summed E-state index contributed by atoms with van der Waals surface area (Å²) in [5, 5.41) is 0. The van der Waals surface area contributed by atoms with Crippen LogP contribution in [0.25, 0.3) is 0 Å². The summed E-state index contributed by atoms with van der Waals surface area (Å²) in [6.07, 6.45) is 1.14. The molecule has 1 atom stereocenters. The zero-order valence-corrected chi connectivity index (χ0v) is 7.95. The van der Waals surface area contributed by atoms with Crippen molar-refractivity contribution in [2.24, 2.45) is 5.84 Å². The zero-order chi connectivity index (χ0) is 9.68. The van der Waals surface area contributed by atoms with Gasteiger partial charge < -0.3 is 10.2 Å². The van der Waals surface area contributed by atoms with E-state index < -0.39 is 0 Å². The number of aromatic nitrogens is 1. The van der Waals surface area contributed by atoms with E-state index in [0.29, 0.717) is 11.7 Å². The largest absolute Gasteiger partial charge is 0.475 e. The fourth-order valence-electron chi connectivity index (χ4n) is 0.850. The van der Waals surface area contributed by atoms with Crippen molar-refractivity contribution >= 4 is 5.82 Å². The molecule has 13 heavy (non-hydrogen) atoms. The Labute approximate surface area is 78.1 Å². The lowest BCUT2D eigenvalue weighted by atomic mass is 10.3. The first-order valence-corrected chi connectivity index (χ1v) is 4.36. The van der Waals surface area contributed by atoms with Crippen LogP contribution in [0.4, 0.5) is 5.82 Å². The Balaban J connectivity index is 2.66. The summed E-state index contributed by atoms with van der Waals surface area (Å²) in [5.41, 5.74) is 2.47. The number of hydrazine groups is 1. The summed E-state index contributed by atoms with van der Waals surface area (Å²) in [6, 6.07) is 5.44. The van der Waals surface area contributed by atoms with Crippen molar-refractivity contribution in [3.8, 4) is 5.88 Å². The predicted molar refractivity (Wildman–Crippen MR) is 52.4 cm³/mol. The van der Waals surface area contributed by atoms with Crippen molar-refractivity contribution < 1.29 is 4.74 Å². The maximum absolute atomic E-state index is 5.50. The van der Waals surface area contributed by atoms with Gasteiger partial charge in [0.2, 0.25) is 5.88 Å². The van der Waals surface area contributed by atoms with E-state index in [9.17, 15) is 0 Å². The van der Waals surface area contributed by atoms with Gasteiger partial charge in [-0.25, -0.2) is 5.84 Å². The molecule has 0 aliphatic heterocycles. The second kappa shape index (κ2) is 4.67. The number of rotatable bonds is 4.